The Morgan fingerprint density at radius 2 is 1.98 bits per heavy atom. The monoisotopic (exact) mass is 541 g/mol. The molecule has 11 heteroatoms. The van der Waals surface area contributed by atoms with E-state index in [4.69, 9.17) is 0 Å². The molecular weight excluding hydrogens is 516 g/mol. The van der Waals surface area contributed by atoms with Crippen LogP contribution < -0.4 is 15.5 Å². The van der Waals surface area contributed by atoms with Gasteiger partial charge in [0.2, 0.25) is 0 Å². The summed E-state index contributed by atoms with van der Waals surface area (Å²) in [6.07, 6.45) is 5.09. The van der Waals surface area contributed by atoms with Crippen LogP contribution in [0.1, 0.15) is 22.5 Å². The number of benzene rings is 2. The van der Waals surface area contributed by atoms with E-state index in [-0.39, 0.29) is 30.2 Å². The molecule has 1 aliphatic rings. The summed E-state index contributed by atoms with van der Waals surface area (Å²) >= 11 is 0. The number of hydrogen-bond acceptors (Lipinski definition) is 8. The molecule has 202 valence electrons. The van der Waals surface area contributed by atoms with Crippen molar-refractivity contribution in [3.63, 3.8) is 0 Å². The smallest absolute Gasteiger partial charge is 0.274 e. The average Bonchev–Trinajstić information content (AvgIpc) is 3.41. The van der Waals surface area contributed by atoms with E-state index >= 15 is 0 Å². The number of nitrogens with zero attached hydrogens (tertiary/aromatic N) is 5. The molecule has 3 N–H and O–H groups in total. The summed E-state index contributed by atoms with van der Waals surface area (Å²) in [6, 6.07) is 13.8. The molecule has 2 aromatic carbocycles. The van der Waals surface area contributed by atoms with Crippen LogP contribution in [-0.2, 0) is 0 Å². The minimum Gasteiger partial charge on any atom is -0.394 e. The van der Waals surface area contributed by atoms with E-state index in [0.29, 0.717) is 41.0 Å². The first kappa shape index (κ1) is 26.8. The number of aliphatic hydroxyl groups is 1. The maximum absolute atomic E-state index is 14.3. The zero-order chi connectivity index (χ0) is 28.2. The molecule has 2 atom stereocenters. The second-order valence-corrected chi connectivity index (χ2v) is 9.29. The molecule has 1 amide bonds. The number of halogens is 2. The van der Waals surface area contributed by atoms with Gasteiger partial charge in [-0.25, -0.2) is 18.7 Å². The minimum atomic E-state index is -0.842. The molecule has 9 nitrogen and oxygen atoms in total. The molecule has 40 heavy (non-hydrogen) atoms. The van der Waals surface area contributed by atoms with E-state index in [1.807, 2.05) is 18.0 Å². The lowest BCUT2D eigenvalue weighted by atomic mass is 10.0. The average molecular weight is 542 g/mol. The molecule has 0 saturated carbocycles. The van der Waals surface area contributed by atoms with Crippen molar-refractivity contribution in [3.8, 4) is 28.6 Å². The van der Waals surface area contributed by atoms with E-state index in [1.165, 1.54) is 18.3 Å². The predicted octanol–water partition coefficient (Wildman–Crippen LogP) is 3.77. The Balaban J connectivity index is 1.54. The Kier molecular flexibility index (Phi) is 7.72. The van der Waals surface area contributed by atoms with Gasteiger partial charge in [-0.2, -0.15) is 5.26 Å². The molecule has 1 fully saturated rings. The Labute approximate surface area is 229 Å². The van der Waals surface area contributed by atoms with Crippen LogP contribution in [0.15, 0.2) is 67.1 Å². The molecule has 2 aromatic heterocycles. The van der Waals surface area contributed by atoms with Crippen LogP contribution in [0.25, 0.3) is 22.5 Å². The highest BCUT2D eigenvalue weighted by atomic mass is 19.1. The summed E-state index contributed by atoms with van der Waals surface area (Å²) < 4.78 is 28.7. The molecule has 0 unspecified atom stereocenters. The van der Waals surface area contributed by atoms with Crippen LogP contribution in [-0.4, -0.2) is 58.2 Å². The van der Waals surface area contributed by atoms with Gasteiger partial charge in [0.15, 0.2) is 5.82 Å². The first-order valence-electron chi connectivity index (χ1n) is 12.6. The van der Waals surface area contributed by atoms with Gasteiger partial charge in [-0.15, -0.1) is 0 Å². The van der Waals surface area contributed by atoms with Gasteiger partial charge in [0.1, 0.15) is 17.3 Å². The van der Waals surface area contributed by atoms with Crippen LogP contribution in [0.5, 0.6) is 0 Å². The minimum absolute atomic E-state index is 0.0880. The number of anilines is 2. The number of nitrogens with one attached hydrogen (secondary N) is 2. The summed E-state index contributed by atoms with van der Waals surface area (Å²) in [4.78, 5) is 27.6. The lowest BCUT2D eigenvalue weighted by molar-refractivity contribution is 0.102. The maximum Gasteiger partial charge on any atom is 0.274 e. The number of aliphatic hydroxyl groups excluding tert-OH is 1. The summed E-state index contributed by atoms with van der Waals surface area (Å²) in [5, 5.41) is 25.8. The Hall–Kier alpha value is -4.79. The highest BCUT2D eigenvalue weighted by Crippen LogP contribution is 2.37. The molecule has 1 aliphatic heterocycles. The fraction of sp³-hybridized carbons (Fsp3) is 0.207. The SMILES string of the molecule is CN[C@H]1C[C@@H](CO)N(c2cc(-c3cnccc3C#N)ccc2NC(=O)c2ccnc(-c3c(F)cccc3F)n2)C1. The maximum atomic E-state index is 14.3. The van der Waals surface area contributed by atoms with Gasteiger partial charge in [-0.05, 0) is 55.4 Å². The number of likely N-dealkylation sites (N-methyl/N-ethyl adjacent to an activating group) is 1. The first-order chi connectivity index (χ1) is 19.4. The van der Waals surface area contributed by atoms with Crippen molar-refractivity contribution in [2.45, 2.75) is 18.5 Å². The normalized spacial score (nSPS) is 16.5. The second kappa shape index (κ2) is 11.5. The summed E-state index contributed by atoms with van der Waals surface area (Å²) in [6.45, 7) is 0.464. The number of amides is 1. The zero-order valence-electron chi connectivity index (χ0n) is 21.5. The number of nitriles is 1. The molecule has 0 aliphatic carbocycles. The third kappa shape index (κ3) is 5.22. The number of pyridine rings is 1. The highest BCUT2D eigenvalue weighted by molar-refractivity contribution is 6.05. The Morgan fingerprint density at radius 3 is 2.70 bits per heavy atom. The van der Waals surface area contributed by atoms with Gasteiger partial charge in [0, 0.05) is 36.7 Å². The predicted molar refractivity (Wildman–Crippen MR) is 145 cm³/mol. The fourth-order valence-corrected chi connectivity index (χ4v) is 4.86. The Bertz CT molecular complexity index is 1590. The van der Waals surface area contributed by atoms with Crippen molar-refractivity contribution in [2.75, 3.05) is 30.4 Å². The summed E-state index contributed by atoms with van der Waals surface area (Å²) in [5.41, 5.74) is 2.33. The number of carbonyl (C=O) groups is 1. The molecule has 4 aromatic rings. The van der Waals surface area contributed by atoms with Crippen LogP contribution >= 0.6 is 0 Å². The van der Waals surface area contributed by atoms with Crippen molar-refractivity contribution in [2.24, 2.45) is 0 Å². The van der Waals surface area contributed by atoms with E-state index in [1.54, 1.807) is 30.6 Å². The van der Waals surface area contributed by atoms with Gasteiger partial charge in [-0.3, -0.25) is 9.78 Å². The highest BCUT2D eigenvalue weighted by Gasteiger charge is 2.33. The Morgan fingerprint density at radius 1 is 1.18 bits per heavy atom. The van der Waals surface area contributed by atoms with Crippen molar-refractivity contribution in [1.82, 2.24) is 20.3 Å². The van der Waals surface area contributed by atoms with Gasteiger partial charge in [-0.1, -0.05) is 12.1 Å². The van der Waals surface area contributed by atoms with Crippen LogP contribution in [0.2, 0.25) is 0 Å². The van der Waals surface area contributed by atoms with Crippen LogP contribution in [0, 0.1) is 23.0 Å². The standard InChI is InChI=1S/C29H25F2N7O2/c1-33-19-12-20(16-39)38(15-19)26-11-17(21-14-34-9-7-18(21)13-32)5-6-24(26)37-29(40)25-8-10-35-28(36-25)27-22(30)3-2-4-23(27)31/h2-11,14,19-20,33,39H,12,15-16H2,1H3,(H,37,40)/t19-,20-/m0/s1. The number of rotatable bonds is 7. The van der Waals surface area contributed by atoms with E-state index in [0.717, 1.165) is 12.1 Å². The van der Waals surface area contributed by atoms with Gasteiger partial charge in [0.25, 0.3) is 5.91 Å². The molecular formula is C29H25F2N7O2. The molecule has 0 radical (unpaired) electrons. The van der Waals surface area contributed by atoms with Gasteiger partial charge >= 0.3 is 0 Å². The number of aromatic nitrogens is 3. The topological polar surface area (TPSA) is 127 Å². The number of carbonyl (C=O) groups excluding carboxylic acids is 1. The number of hydrogen-bond donors (Lipinski definition) is 3. The lowest BCUT2D eigenvalue weighted by Gasteiger charge is -2.28. The van der Waals surface area contributed by atoms with Crippen molar-refractivity contribution in [3.05, 3.63) is 90.0 Å². The molecule has 1 saturated heterocycles. The van der Waals surface area contributed by atoms with Crippen molar-refractivity contribution >= 4 is 17.3 Å². The molecule has 5 rings (SSSR count). The lowest BCUT2D eigenvalue weighted by Crippen LogP contribution is -2.34. The van der Waals surface area contributed by atoms with E-state index < -0.39 is 23.1 Å². The third-order valence-corrected chi connectivity index (χ3v) is 6.92. The molecule has 0 spiro atoms. The zero-order valence-corrected chi connectivity index (χ0v) is 21.5. The van der Waals surface area contributed by atoms with E-state index in [9.17, 15) is 23.9 Å². The fourth-order valence-electron chi connectivity index (χ4n) is 4.86. The quantitative estimate of drug-likeness (QED) is 0.323. The van der Waals surface area contributed by atoms with Crippen molar-refractivity contribution < 1.29 is 18.7 Å². The second-order valence-electron chi connectivity index (χ2n) is 9.29. The van der Waals surface area contributed by atoms with E-state index in [2.05, 4.69) is 31.7 Å². The molecule has 0 bridgehead atoms. The molecule has 3 heterocycles. The van der Waals surface area contributed by atoms with Crippen LogP contribution in [0.4, 0.5) is 20.2 Å². The van der Waals surface area contributed by atoms with Crippen molar-refractivity contribution in [1.29, 1.82) is 5.26 Å². The van der Waals surface area contributed by atoms with Gasteiger partial charge in [0.05, 0.1) is 41.2 Å². The first-order valence-corrected chi connectivity index (χ1v) is 12.6. The van der Waals surface area contributed by atoms with Gasteiger partial charge < -0.3 is 20.6 Å². The third-order valence-electron chi connectivity index (χ3n) is 6.92. The summed E-state index contributed by atoms with van der Waals surface area (Å²) in [7, 11) is 1.85. The summed E-state index contributed by atoms with van der Waals surface area (Å²) in [5.74, 6) is -2.55. The largest absolute Gasteiger partial charge is 0.394 e. The van der Waals surface area contributed by atoms with Crippen LogP contribution in [0.3, 0.4) is 0 Å².